The molecule has 22 heavy (non-hydrogen) atoms. The zero-order chi connectivity index (χ0) is 16.7. The molecule has 0 aliphatic carbocycles. The highest BCUT2D eigenvalue weighted by Gasteiger charge is 2.22. The lowest BCUT2D eigenvalue weighted by Gasteiger charge is -2.06. The first-order valence-corrected chi connectivity index (χ1v) is 8.76. The number of hydrogen-bond acceptors (Lipinski definition) is 4. The topological polar surface area (TPSA) is 55.0 Å². The number of benzene rings is 1. The van der Waals surface area contributed by atoms with E-state index >= 15 is 0 Å². The Labute approximate surface area is 143 Å². The summed E-state index contributed by atoms with van der Waals surface area (Å²) < 4.78 is 7.33. The first-order valence-electron chi connectivity index (χ1n) is 6.33. The summed E-state index contributed by atoms with van der Waals surface area (Å²) in [5.74, 6) is -0.457. The first kappa shape index (κ1) is 18.3. The molecule has 0 aliphatic heterocycles. The number of methoxy groups -OCH3 is 1. The van der Waals surface area contributed by atoms with E-state index in [9.17, 15) is 10.1 Å². The van der Waals surface area contributed by atoms with E-state index in [1.54, 1.807) is 29.6 Å². The van der Waals surface area contributed by atoms with E-state index in [0.717, 1.165) is 10.0 Å². The van der Waals surface area contributed by atoms with Crippen LogP contribution in [0.25, 0.3) is 11.1 Å². The Balaban J connectivity index is 0.000000745. The number of halogens is 1. The molecule has 0 bridgehead atoms. The van der Waals surface area contributed by atoms with Gasteiger partial charge in [-0.25, -0.2) is 4.79 Å². The average molecular weight is 381 g/mol. The Bertz CT molecular complexity index is 687. The fourth-order valence-electron chi connectivity index (χ4n) is 1.96. The van der Waals surface area contributed by atoms with Gasteiger partial charge in [-0.3, -0.25) is 0 Å². The number of aromatic nitrogens is 1. The third-order valence-electron chi connectivity index (χ3n) is 2.81. The van der Waals surface area contributed by atoms with Crippen molar-refractivity contribution in [1.29, 1.82) is 5.26 Å². The smallest absolute Gasteiger partial charge is 0.355 e. The van der Waals surface area contributed by atoms with E-state index in [1.807, 2.05) is 36.8 Å². The van der Waals surface area contributed by atoms with Gasteiger partial charge in [-0.05, 0) is 30.2 Å². The third-order valence-corrected chi connectivity index (χ3v) is 3.34. The molecule has 2 aromatic rings. The predicted octanol–water partition coefficient (Wildman–Crippen LogP) is 4.09. The van der Waals surface area contributed by atoms with Gasteiger partial charge in [0, 0.05) is 23.3 Å². The molecule has 116 valence electrons. The Morgan fingerprint density at radius 3 is 2.32 bits per heavy atom. The van der Waals surface area contributed by atoms with Gasteiger partial charge in [0.05, 0.1) is 12.7 Å². The highest BCUT2D eigenvalue weighted by atomic mass is 79.9. The highest BCUT2D eigenvalue weighted by molar-refractivity contribution is 9.10. The summed E-state index contributed by atoms with van der Waals surface area (Å²) in [5.41, 5.74) is 2.23. The number of thioether (sulfide) groups is 1. The van der Waals surface area contributed by atoms with Crippen molar-refractivity contribution < 1.29 is 9.53 Å². The van der Waals surface area contributed by atoms with Crippen LogP contribution in [0.3, 0.4) is 0 Å². The van der Waals surface area contributed by atoms with Gasteiger partial charge < -0.3 is 9.30 Å². The molecule has 0 spiro atoms. The zero-order valence-electron chi connectivity index (χ0n) is 12.9. The summed E-state index contributed by atoms with van der Waals surface area (Å²) in [7, 11) is 3.04. The van der Waals surface area contributed by atoms with Gasteiger partial charge in [-0.15, -0.1) is 0 Å². The van der Waals surface area contributed by atoms with Crippen LogP contribution in [0.15, 0.2) is 34.9 Å². The number of rotatable bonds is 2. The maximum Gasteiger partial charge on any atom is 0.355 e. The summed E-state index contributed by atoms with van der Waals surface area (Å²) >= 11 is 5.11. The number of hydrogen-bond donors (Lipinski definition) is 0. The number of nitrogens with zero attached hydrogens (tertiary/aromatic N) is 2. The standard InChI is InChI=1S/C14H11BrN2O2.C2H6S/c1-17-8-10(7-16)12(13(17)14(18)19-2)9-3-5-11(15)6-4-9;1-3-2/h3-6,8H,1-2H3;1-2H3. The van der Waals surface area contributed by atoms with Crippen LogP contribution >= 0.6 is 27.7 Å². The SMILES string of the molecule is COC(=O)c1c(-c2ccc(Br)cc2)c(C#N)cn1C.CSC. The van der Waals surface area contributed by atoms with Crippen LogP contribution in [0, 0.1) is 11.3 Å². The van der Waals surface area contributed by atoms with Crippen LogP contribution in [0.4, 0.5) is 0 Å². The van der Waals surface area contributed by atoms with Crippen LogP contribution < -0.4 is 0 Å². The number of ether oxygens (including phenoxy) is 1. The molecule has 6 heteroatoms. The van der Waals surface area contributed by atoms with Crippen LogP contribution in [0.2, 0.25) is 0 Å². The molecule has 0 fully saturated rings. The van der Waals surface area contributed by atoms with Gasteiger partial charge in [-0.1, -0.05) is 28.1 Å². The van der Waals surface area contributed by atoms with Crippen molar-refractivity contribution in [2.45, 2.75) is 0 Å². The molecular weight excluding hydrogens is 364 g/mol. The molecule has 0 amide bonds. The van der Waals surface area contributed by atoms with E-state index in [1.165, 1.54) is 7.11 Å². The normalized spacial score (nSPS) is 9.45. The second-order valence-corrected chi connectivity index (χ2v) is 6.13. The van der Waals surface area contributed by atoms with Crippen molar-refractivity contribution in [1.82, 2.24) is 4.57 Å². The maximum atomic E-state index is 11.9. The molecule has 1 aromatic heterocycles. The summed E-state index contributed by atoms with van der Waals surface area (Å²) in [6.45, 7) is 0. The molecule has 4 nitrogen and oxygen atoms in total. The average Bonchev–Trinajstić information content (AvgIpc) is 2.84. The molecule has 0 aliphatic rings. The minimum absolute atomic E-state index is 0.376. The number of aryl methyl sites for hydroxylation is 1. The van der Waals surface area contributed by atoms with Gasteiger partial charge in [-0.2, -0.15) is 17.0 Å². The molecule has 0 saturated carbocycles. The number of carbonyl (C=O) groups excluding carboxylic acids is 1. The number of esters is 1. The van der Waals surface area contributed by atoms with E-state index in [4.69, 9.17) is 4.74 Å². The monoisotopic (exact) mass is 380 g/mol. The van der Waals surface area contributed by atoms with Crippen LogP contribution in [-0.4, -0.2) is 30.2 Å². The number of nitriles is 1. The Kier molecular flexibility index (Phi) is 7.22. The van der Waals surface area contributed by atoms with Gasteiger partial charge in [0.2, 0.25) is 0 Å². The van der Waals surface area contributed by atoms with Crippen LogP contribution in [0.5, 0.6) is 0 Å². The molecule has 1 aromatic carbocycles. The third kappa shape index (κ3) is 4.15. The summed E-state index contributed by atoms with van der Waals surface area (Å²) in [6.07, 6.45) is 5.71. The lowest BCUT2D eigenvalue weighted by atomic mass is 10.0. The van der Waals surface area contributed by atoms with Crippen molar-refractivity contribution in [2.75, 3.05) is 19.6 Å². The quantitative estimate of drug-likeness (QED) is 0.736. The molecule has 0 unspecified atom stereocenters. The fraction of sp³-hybridized carbons (Fsp3) is 0.250. The minimum atomic E-state index is -0.457. The molecule has 0 radical (unpaired) electrons. The van der Waals surface area contributed by atoms with Gasteiger partial charge >= 0.3 is 5.97 Å². The summed E-state index contributed by atoms with van der Waals surface area (Å²) in [4.78, 5) is 11.9. The molecule has 1 heterocycles. The van der Waals surface area contributed by atoms with Gasteiger partial charge in [0.15, 0.2) is 0 Å². The van der Waals surface area contributed by atoms with Crippen molar-refractivity contribution >= 4 is 33.7 Å². The van der Waals surface area contributed by atoms with Crippen molar-refractivity contribution in [3.63, 3.8) is 0 Å². The molecule has 0 N–H and O–H groups in total. The minimum Gasteiger partial charge on any atom is -0.464 e. The van der Waals surface area contributed by atoms with Crippen molar-refractivity contribution in [3.8, 4) is 17.2 Å². The summed E-state index contributed by atoms with van der Waals surface area (Å²) in [5, 5.41) is 9.20. The number of carbonyl (C=O) groups is 1. The lowest BCUT2D eigenvalue weighted by Crippen LogP contribution is -2.08. The Morgan fingerprint density at radius 1 is 1.32 bits per heavy atom. The Hall–Kier alpha value is -1.71. The summed E-state index contributed by atoms with van der Waals surface area (Å²) in [6, 6.07) is 9.55. The lowest BCUT2D eigenvalue weighted by molar-refractivity contribution is 0.0591. The first-order chi connectivity index (χ1) is 10.5. The Morgan fingerprint density at radius 2 is 1.86 bits per heavy atom. The van der Waals surface area contributed by atoms with E-state index in [2.05, 4.69) is 22.0 Å². The van der Waals surface area contributed by atoms with Crippen molar-refractivity contribution in [2.24, 2.45) is 7.05 Å². The van der Waals surface area contributed by atoms with E-state index in [0.29, 0.717) is 16.8 Å². The second kappa shape index (κ2) is 8.66. The second-order valence-electron chi connectivity index (χ2n) is 4.40. The van der Waals surface area contributed by atoms with Crippen LogP contribution in [0.1, 0.15) is 16.1 Å². The molecule has 0 saturated heterocycles. The van der Waals surface area contributed by atoms with E-state index < -0.39 is 5.97 Å². The molecule has 0 atom stereocenters. The van der Waals surface area contributed by atoms with Gasteiger partial charge in [0.1, 0.15) is 11.8 Å². The highest BCUT2D eigenvalue weighted by Crippen LogP contribution is 2.30. The van der Waals surface area contributed by atoms with E-state index in [-0.39, 0.29) is 0 Å². The maximum absolute atomic E-state index is 11.9. The molecular formula is C16H17BrN2O2S. The molecule has 2 rings (SSSR count). The largest absolute Gasteiger partial charge is 0.464 e. The zero-order valence-corrected chi connectivity index (χ0v) is 15.3. The van der Waals surface area contributed by atoms with Gasteiger partial charge in [0.25, 0.3) is 0 Å². The predicted molar refractivity (Wildman–Crippen MR) is 94.0 cm³/mol. The fourth-order valence-corrected chi connectivity index (χ4v) is 2.23. The van der Waals surface area contributed by atoms with Crippen LogP contribution in [-0.2, 0) is 11.8 Å². The van der Waals surface area contributed by atoms with Crippen molar-refractivity contribution in [3.05, 3.63) is 46.2 Å².